The maximum absolute atomic E-state index is 13.0. The molecular formula is C26H35NO2. The number of aliphatic hydroxyl groups excluding tert-OH is 1. The number of carbonyl (C=O) groups excluding carboxylic acids is 1. The Hall–Kier alpha value is -1.61. The number of nitrogens with zero attached hydrogens (tertiary/aromatic N) is 1. The molecule has 0 heterocycles. The number of fused-ring (bicyclic) bond motifs is 4. The third-order valence-electron chi connectivity index (χ3n) is 9.08. The molecule has 0 saturated heterocycles. The first-order valence-electron chi connectivity index (χ1n) is 11.6. The average Bonchev–Trinajstić information content (AvgIpc) is 3.02. The van der Waals surface area contributed by atoms with Crippen molar-refractivity contribution in [3.63, 3.8) is 0 Å². The molecule has 2 fully saturated rings. The van der Waals surface area contributed by atoms with E-state index in [2.05, 4.69) is 50.2 Å². The maximum Gasteiger partial charge on any atom is 0.144 e. The van der Waals surface area contributed by atoms with Gasteiger partial charge in [-0.05, 0) is 85.8 Å². The molecule has 4 aliphatic rings. The molecular weight excluding hydrogens is 358 g/mol. The molecule has 0 radical (unpaired) electrons. The zero-order valence-corrected chi connectivity index (χ0v) is 18.2. The SMILES string of the molecule is CN(C)c1ccc(C2CC3=C(CC[C@@H]4[C@@H]3CC[C@]3(C)[C@@H](O)CC[C@@H]43)CC2=O)cc1. The van der Waals surface area contributed by atoms with Gasteiger partial charge in [0, 0.05) is 32.1 Å². The van der Waals surface area contributed by atoms with Crippen molar-refractivity contribution in [1.29, 1.82) is 0 Å². The van der Waals surface area contributed by atoms with Crippen LogP contribution in [0, 0.1) is 23.2 Å². The van der Waals surface area contributed by atoms with Crippen molar-refractivity contribution in [2.75, 3.05) is 19.0 Å². The topological polar surface area (TPSA) is 40.5 Å². The molecule has 3 heteroatoms. The van der Waals surface area contributed by atoms with Crippen LogP contribution in [0.1, 0.15) is 69.8 Å². The number of allylic oxidation sites excluding steroid dienone is 2. The van der Waals surface area contributed by atoms with Gasteiger partial charge in [-0.15, -0.1) is 0 Å². The van der Waals surface area contributed by atoms with Gasteiger partial charge in [0.2, 0.25) is 0 Å². The van der Waals surface area contributed by atoms with Crippen molar-refractivity contribution in [3.8, 4) is 0 Å². The highest BCUT2D eigenvalue weighted by Crippen LogP contribution is 2.61. The fourth-order valence-corrected chi connectivity index (χ4v) is 7.33. The van der Waals surface area contributed by atoms with Crippen LogP contribution >= 0.6 is 0 Å². The predicted octanol–water partition coefficient (Wildman–Crippen LogP) is 5.09. The number of aliphatic hydroxyl groups is 1. The van der Waals surface area contributed by atoms with E-state index in [-0.39, 0.29) is 17.4 Å². The zero-order valence-electron chi connectivity index (χ0n) is 18.2. The molecule has 0 bridgehead atoms. The van der Waals surface area contributed by atoms with Crippen LogP contribution in [0.25, 0.3) is 0 Å². The fraction of sp³-hybridized carbons (Fsp3) is 0.654. The van der Waals surface area contributed by atoms with E-state index in [1.54, 1.807) is 5.57 Å². The van der Waals surface area contributed by atoms with Crippen LogP contribution in [0.5, 0.6) is 0 Å². The molecule has 0 aromatic heterocycles. The van der Waals surface area contributed by atoms with Crippen molar-refractivity contribution in [1.82, 2.24) is 0 Å². The van der Waals surface area contributed by atoms with E-state index in [0.29, 0.717) is 24.0 Å². The van der Waals surface area contributed by atoms with Gasteiger partial charge in [0.1, 0.15) is 5.78 Å². The number of anilines is 1. The summed E-state index contributed by atoms with van der Waals surface area (Å²) in [4.78, 5) is 15.1. The summed E-state index contributed by atoms with van der Waals surface area (Å²) in [6.45, 7) is 2.34. The number of benzene rings is 1. The van der Waals surface area contributed by atoms with Gasteiger partial charge in [-0.3, -0.25) is 4.79 Å². The Balaban J connectivity index is 1.41. The number of Topliss-reactive ketones (excluding diaryl/α,β-unsaturated/α-hetero) is 1. The highest BCUT2D eigenvalue weighted by atomic mass is 16.3. The van der Waals surface area contributed by atoms with Gasteiger partial charge in [0.25, 0.3) is 0 Å². The van der Waals surface area contributed by atoms with E-state index in [0.717, 1.165) is 31.6 Å². The first kappa shape index (κ1) is 19.4. The van der Waals surface area contributed by atoms with Gasteiger partial charge in [-0.1, -0.05) is 30.2 Å². The lowest BCUT2D eigenvalue weighted by Crippen LogP contribution is -2.45. The summed E-state index contributed by atoms with van der Waals surface area (Å²) in [6, 6.07) is 8.61. The summed E-state index contributed by atoms with van der Waals surface area (Å²) in [5, 5.41) is 10.6. The van der Waals surface area contributed by atoms with Crippen LogP contribution in [0.4, 0.5) is 5.69 Å². The zero-order chi connectivity index (χ0) is 20.3. The van der Waals surface area contributed by atoms with E-state index in [1.165, 1.54) is 36.1 Å². The van der Waals surface area contributed by atoms with Crippen molar-refractivity contribution in [3.05, 3.63) is 41.0 Å². The third kappa shape index (κ3) is 3.00. The molecule has 1 aromatic carbocycles. The van der Waals surface area contributed by atoms with Gasteiger partial charge in [-0.2, -0.15) is 0 Å². The van der Waals surface area contributed by atoms with Crippen LogP contribution in [0.2, 0.25) is 0 Å². The minimum atomic E-state index is -0.111. The molecule has 3 nitrogen and oxygen atoms in total. The van der Waals surface area contributed by atoms with Crippen LogP contribution in [0.15, 0.2) is 35.4 Å². The molecule has 0 aliphatic heterocycles. The fourth-order valence-electron chi connectivity index (χ4n) is 7.33. The molecule has 156 valence electrons. The van der Waals surface area contributed by atoms with Crippen LogP contribution in [0.3, 0.4) is 0 Å². The molecule has 29 heavy (non-hydrogen) atoms. The Bertz CT molecular complexity index is 839. The smallest absolute Gasteiger partial charge is 0.144 e. The summed E-state index contributed by atoms with van der Waals surface area (Å²) in [5.74, 6) is 2.48. The Kier molecular flexibility index (Phi) is 4.66. The summed E-state index contributed by atoms with van der Waals surface area (Å²) < 4.78 is 0. The minimum Gasteiger partial charge on any atom is -0.393 e. The highest BCUT2D eigenvalue weighted by Gasteiger charge is 2.55. The Labute approximate surface area is 175 Å². The Morgan fingerprint density at radius 3 is 2.55 bits per heavy atom. The number of carbonyl (C=O) groups is 1. The molecule has 1 aromatic rings. The summed E-state index contributed by atoms with van der Waals surface area (Å²) in [6.07, 6.45) is 8.35. The quantitative estimate of drug-likeness (QED) is 0.711. The maximum atomic E-state index is 13.0. The Morgan fingerprint density at radius 2 is 1.83 bits per heavy atom. The van der Waals surface area contributed by atoms with E-state index < -0.39 is 0 Å². The van der Waals surface area contributed by atoms with Crippen LogP contribution < -0.4 is 4.90 Å². The van der Waals surface area contributed by atoms with E-state index in [9.17, 15) is 9.90 Å². The second-order valence-corrected chi connectivity index (χ2v) is 10.6. The normalized spacial score (nSPS) is 39.0. The molecule has 2 saturated carbocycles. The first-order chi connectivity index (χ1) is 13.9. The highest BCUT2D eigenvalue weighted by molar-refractivity contribution is 5.89. The lowest BCUT2D eigenvalue weighted by molar-refractivity contribution is -0.120. The van der Waals surface area contributed by atoms with Crippen molar-refractivity contribution in [2.45, 2.75) is 70.3 Å². The second-order valence-electron chi connectivity index (χ2n) is 10.6. The van der Waals surface area contributed by atoms with Gasteiger partial charge in [-0.25, -0.2) is 0 Å². The van der Waals surface area contributed by atoms with Gasteiger partial charge in [0.15, 0.2) is 0 Å². The Morgan fingerprint density at radius 1 is 1.07 bits per heavy atom. The standard InChI is InChI=1S/C26H35NO2/c1-26-13-12-19-20(23(26)10-11-25(26)29)9-6-17-14-24(28)22(15-21(17)19)16-4-7-18(8-5-16)27(2)3/h4-5,7-8,19-20,22-23,25,29H,6,9-15H2,1-3H3/t19-,20+,22?,23-,25-,26-/m0/s1. The number of rotatable bonds is 2. The van der Waals surface area contributed by atoms with E-state index in [4.69, 9.17) is 0 Å². The van der Waals surface area contributed by atoms with Crippen molar-refractivity contribution in [2.24, 2.45) is 23.2 Å². The van der Waals surface area contributed by atoms with E-state index in [1.807, 2.05) is 0 Å². The van der Waals surface area contributed by atoms with Gasteiger partial charge < -0.3 is 10.0 Å². The molecule has 6 atom stereocenters. The molecule has 5 rings (SSSR count). The van der Waals surface area contributed by atoms with Crippen LogP contribution in [-0.4, -0.2) is 31.1 Å². The first-order valence-corrected chi connectivity index (χ1v) is 11.6. The molecule has 1 N–H and O–H groups in total. The molecule has 4 aliphatic carbocycles. The molecule has 0 amide bonds. The monoisotopic (exact) mass is 393 g/mol. The average molecular weight is 394 g/mol. The summed E-state index contributed by atoms with van der Waals surface area (Å²) >= 11 is 0. The predicted molar refractivity (Wildman–Crippen MR) is 117 cm³/mol. The molecule has 0 spiro atoms. The van der Waals surface area contributed by atoms with Crippen LogP contribution in [-0.2, 0) is 4.79 Å². The second kappa shape index (κ2) is 6.97. The lowest BCUT2D eigenvalue weighted by Gasteiger charge is -2.51. The summed E-state index contributed by atoms with van der Waals surface area (Å²) in [5.41, 5.74) is 5.60. The lowest BCUT2D eigenvalue weighted by atomic mass is 9.53. The van der Waals surface area contributed by atoms with Gasteiger partial charge >= 0.3 is 0 Å². The largest absolute Gasteiger partial charge is 0.393 e. The van der Waals surface area contributed by atoms with Crippen molar-refractivity contribution < 1.29 is 9.90 Å². The number of hydrogen-bond acceptors (Lipinski definition) is 3. The third-order valence-corrected chi connectivity index (χ3v) is 9.08. The number of hydrogen-bond donors (Lipinski definition) is 1. The summed E-state index contributed by atoms with van der Waals surface area (Å²) in [7, 11) is 4.10. The van der Waals surface area contributed by atoms with Gasteiger partial charge in [0.05, 0.1) is 6.10 Å². The number of ketones is 1. The van der Waals surface area contributed by atoms with E-state index >= 15 is 0 Å². The van der Waals surface area contributed by atoms with Crippen molar-refractivity contribution >= 4 is 11.5 Å². The molecule has 1 unspecified atom stereocenters. The minimum absolute atomic E-state index is 0.0335.